The average Bonchev–Trinajstić information content (AvgIpc) is 2.55. The molecule has 0 saturated carbocycles. The molecule has 3 rings (SSSR count). The third-order valence-electron chi connectivity index (χ3n) is 3.46. The minimum absolute atomic E-state index is 0.741. The first-order valence-electron chi connectivity index (χ1n) is 6.45. The van der Waals surface area contributed by atoms with Crippen LogP contribution in [0.25, 0.3) is 5.82 Å². The number of fused-ring (bicyclic) bond motifs is 1. The summed E-state index contributed by atoms with van der Waals surface area (Å²) < 4.78 is 1.78. The molecule has 0 unspecified atom stereocenters. The molecule has 0 atom stereocenters. The van der Waals surface area contributed by atoms with E-state index in [9.17, 15) is 0 Å². The molecule has 1 aliphatic carbocycles. The first kappa shape index (κ1) is 11.7. The van der Waals surface area contributed by atoms with Gasteiger partial charge in [-0.05, 0) is 50.3 Å². The summed E-state index contributed by atoms with van der Waals surface area (Å²) >= 11 is 6.46. The summed E-state index contributed by atoms with van der Waals surface area (Å²) in [6.45, 7) is 2.05. The molecule has 3 nitrogen and oxygen atoms in total. The van der Waals surface area contributed by atoms with E-state index < -0.39 is 0 Å². The van der Waals surface area contributed by atoms with Crippen molar-refractivity contribution >= 4 is 11.6 Å². The third kappa shape index (κ3) is 2.03. The number of pyridine rings is 1. The molecule has 0 saturated heterocycles. The second kappa shape index (κ2) is 4.73. The number of nitrogens with zero attached hydrogens (tertiary/aromatic N) is 3. The molecule has 94 valence electrons. The van der Waals surface area contributed by atoms with Crippen molar-refractivity contribution in [2.24, 2.45) is 0 Å². The lowest BCUT2D eigenvalue weighted by Gasteiger charge is -2.03. The molecule has 0 aromatic carbocycles. The molecule has 0 fully saturated rings. The molecule has 2 aromatic heterocycles. The predicted molar refractivity (Wildman–Crippen MR) is 72.4 cm³/mol. The Morgan fingerprint density at radius 1 is 1.22 bits per heavy atom. The largest absolute Gasteiger partial charge is 0.237 e. The van der Waals surface area contributed by atoms with Gasteiger partial charge in [-0.2, -0.15) is 5.10 Å². The van der Waals surface area contributed by atoms with Gasteiger partial charge in [0.1, 0.15) is 5.15 Å². The molecule has 0 N–H and O–H groups in total. The normalized spacial score (nSPS) is 15.2. The van der Waals surface area contributed by atoms with Crippen molar-refractivity contribution in [3.05, 3.63) is 40.3 Å². The van der Waals surface area contributed by atoms with Gasteiger partial charge in [0.2, 0.25) is 0 Å². The number of hydrogen-bond acceptors (Lipinski definition) is 2. The van der Waals surface area contributed by atoms with E-state index in [1.165, 1.54) is 30.4 Å². The zero-order valence-corrected chi connectivity index (χ0v) is 11.2. The van der Waals surface area contributed by atoms with Crippen LogP contribution in [-0.4, -0.2) is 14.8 Å². The molecule has 0 bridgehead atoms. The highest BCUT2D eigenvalue weighted by atomic mass is 35.5. The van der Waals surface area contributed by atoms with Crippen LogP contribution in [0.5, 0.6) is 0 Å². The lowest BCUT2D eigenvalue weighted by molar-refractivity contribution is 0.692. The molecule has 18 heavy (non-hydrogen) atoms. The summed E-state index contributed by atoms with van der Waals surface area (Å²) in [5, 5.41) is 5.38. The molecule has 4 heteroatoms. The Hall–Kier alpha value is -1.35. The summed E-state index contributed by atoms with van der Waals surface area (Å²) in [7, 11) is 0. The second-order valence-electron chi connectivity index (χ2n) is 4.88. The van der Waals surface area contributed by atoms with Gasteiger partial charge in [-0.25, -0.2) is 9.67 Å². The predicted octanol–water partition coefficient (Wildman–Crippen LogP) is 3.50. The van der Waals surface area contributed by atoms with Gasteiger partial charge in [-0.1, -0.05) is 18.0 Å². The smallest absolute Gasteiger partial charge is 0.155 e. The van der Waals surface area contributed by atoms with E-state index in [2.05, 4.69) is 10.1 Å². The van der Waals surface area contributed by atoms with Crippen molar-refractivity contribution in [3.8, 4) is 5.82 Å². The van der Waals surface area contributed by atoms with E-state index in [1.54, 1.807) is 10.9 Å². The lowest BCUT2D eigenvalue weighted by Crippen LogP contribution is -2.01. The Morgan fingerprint density at radius 3 is 2.89 bits per heavy atom. The summed E-state index contributed by atoms with van der Waals surface area (Å²) in [5.41, 5.74) is 3.54. The summed E-state index contributed by atoms with van der Waals surface area (Å²) in [5.74, 6) is 0.813. The maximum absolute atomic E-state index is 6.46. The number of halogens is 1. The zero-order chi connectivity index (χ0) is 12.5. The summed E-state index contributed by atoms with van der Waals surface area (Å²) in [6.07, 6.45) is 7.57. The maximum Gasteiger partial charge on any atom is 0.155 e. The van der Waals surface area contributed by atoms with Crippen molar-refractivity contribution in [3.63, 3.8) is 0 Å². The topological polar surface area (TPSA) is 30.7 Å². The zero-order valence-electron chi connectivity index (χ0n) is 10.5. The molecule has 0 radical (unpaired) electrons. The SMILES string of the molecule is Cc1ccnc(-n2nc3c(c2Cl)CCCCC3)c1. The van der Waals surface area contributed by atoms with Gasteiger partial charge < -0.3 is 0 Å². The second-order valence-corrected chi connectivity index (χ2v) is 5.24. The van der Waals surface area contributed by atoms with Crippen LogP contribution < -0.4 is 0 Å². The summed E-state index contributed by atoms with van der Waals surface area (Å²) in [4.78, 5) is 4.35. The third-order valence-corrected chi connectivity index (χ3v) is 3.85. The van der Waals surface area contributed by atoms with Crippen molar-refractivity contribution in [2.75, 3.05) is 0 Å². The van der Waals surface area contributed by atoms with Gasteiger partial charge in [-0.15, -0.1) is 0 Å². The first-order valence-corrected chi connectivity index (χ1v) is 6.83. The molecular formula is C14H16ClN3. The standard InChI is InChI=1S/C14H16ClN3/c1-10-7-8-16-13(9-10)18-14(15)11-5-3-2-4-6-12(11)17-18/h7-9H,2-6H2,1H3. The fraction of sp³-hybridized carbons (Fsp3) is 0.429. The molecule has 1 aliphatic rings. The minimum atomic E-state index is 0.741. The molecule has 0 amide bonds. The highest BCUT2D eigenvalue weighted by Crippen LogP contribution is 2.28. The van der Waals surface area contributed by atoms with E-state index in [1.807, 2.05) is 19.1 Å². The first-order chi connectivity index (χ1) is 8.75. The van der Waals surface area contributed by atoms with Gasteiger partial charge >= 0.3 is 0 Å². The molecular weight excluding hydrogens is 246 g/mol. The van der Waals surface area contributed by atoms with Crippen LogP contribution in [0.1, 0.15) is 36.1 Å². The summed E-state index contributed by atoms with van der Waals surface area (Å²) in [6, 6.07) is 3.99. The molecule has 0 spiro atoms. The van der Waals surface area contributed by atoms with Crippen LogP contribution >= 0.6 is 11.6 Å². The Balaban J connectivity index is 2.08. The van der Waals surface area contributed by atoms with Crippen molar-refractivity contribution in [2.45, 2.75) is 39.0 Å². The Morgan fingerprint density at radius 2 is 2.06 bits per heavy atom. The minimum Gasteiger partial charge on any atom is -0.237 e. The number of hydrogen-bond donors (Lipinski definition) is 0. The number of aromatic nitrogens is 3. The quantitative estimate of drug-likeness (QED) is 0.736. The van der Waals surface area contributed by atoms with Crippen LogP contribution in [0.4, 0.5) is 0 Å². The highest BCUT2D eigenvalue weighted by Gasteiger charge is 2.19. The van der Waals surface area contributed by atoms with Gasteiger partial charge in [0.25, 0.3) is 0 Å². The highest BCUT2D eigenvalue weighted by molar-refractivity contribution is 6.30. The molecule has 2 heterocycles. The van der Waals surface area contributed by atoms with Crippen molar-refractivity contribution in [1.29, 1.82) is 0 Å². The monoisotopic (exact) mass is 261 g/mol. The van der Waals surface area contributed by atoms with E-state index in [4.69, 9.17) is 11.6 Å². The average molecular weight is 262 g/mol. The number of rotatable bonds is 1. The molecule has 2 aromatic rings. The van der Waals surface area contributed by atoms with Crippen molar-refractivity contribution in [1.82, 2.24) is 14.8 Å². The van der Waals surface area contributed by atoms with Gasteiger partial charge in [0.05, 0.1) is 5.69 Å². The lowest BCUT2D eigenvalue weighted by atomic mass is 10.1. The van der Waals surface area contributed by atoms with E-state index in [0.29, 0.717) is 0 Å². The van der Waals surface area contributed by atoms with E-state index in [0.717, 1.165) is 29.5 Å². The Bertz CT molecular complexity index is 574. The van der Waals surface area contributed by atoms with Crippen LogP contribution in [0, 0.1) is 6.92 Å². The Labute approximate surface area is 112 Å². The van der Waals surface area contributed by atoms with E-state index in [-0.39, 0.29) is 0 Å². The maximum atomic E-state index is 6.46. The van der Waals surface area contributed by atoms with Crippen LogP contribution in [0.2, 0.25) is 5.15 Å². The fourth-order valence-electron chi connectivity index (χ4n) is 2.48. The van der Waals surface area contributed by atoms with Gasteiger partial charge in [0, 0.05) is 11.8 Å². The number of aryl methyl sites for hydroxylation is 2. The van der Waals surface area contributed by atoms with E-state index >= 15 is 0 Å². The van der Waals surface area contributed by atoms with Crippen molar-refractivity contribution < 1.29 is 0 Å². The van der Waals surface area contributed by atoms with Crippen LogP contribution in [-0.2, 0) is 12.8 Å². The Kier molecular flexibility index (Phi) is 3.08. The van der Waals surface area contributed by atoms with Gasteiger partial charge in [-0.3, -0.25) is 0 Å². The molecule has 0 aliphatic heterocycles. The fourth-order valence-corrected chi connectivity index (χ4v) is 2.81. The van der Waals surface area contributed by atoms with Crippen LogP contribution in [0.3, 0.4) is 0 Å². The van der Waals surface area contributed by atoms with Gasteiger partial charge in [0.15, 0.2) is 5.82 Å². The van der Waals surface area contributed by atoms with Crippen LogP contribution in [0.15, 0.2) is 18.3 Å².